The third kappa shape index (κ3) is 4.74. The Kier molecular flexibility index (Phi) is 7.14. The van der Waals surface area contributed by atoms with Gasteiger partial charge in [0.25, 0.3) is 5.56 Å². The van der Waals surface area contributed by atoms with E-state index in [1.54, 1.807) is 38.4 Å². The highest BCUT2D eigenvalue weighted by Crippen LogP contribution is 2.24. The zero-order valence-corrected chi connectivity index (χ0v) is 18.3. The molecule has 3 aromatic heterocycles. The number of carbonyl (C=O) groups excluding carboxylic acids is 1. The fraction of sp³-hybridized carbons (Fsp3) is 0.364. The fourth-order valence-electron chi connectivity index (χ4n) is 3.42. The van der Waals surface area contributed by atoms with E-state index in [4.69, 9.17) is 5.11 Å². The van der Waals surface area contributed by atoms with Gasteiger partial charge in [-0.2, -0.15) is 0 Å². The Balaban J connectivity index is 2.22. The fourth-order valence-corrected chi connectivity index (χ4v) is 3.42. The first-order chi connectivity index (χ1) is 15.4. The molecule has 168 valence electrons. The standard InChI is InChI=1S/C22H26N6O4/c1-4-16(14-8-6-7-12-23-14)28-21-15(9-10-17(26-21)27(3)18(29)5-2)25-20(22(28)32)24-13-11-19(30)31/h6-10,12,16H,4-5,11,13H2,1-3H3,(H,24,25)(H,30,31)/t16-/m0/s1. The molecule has 0 unspecified atom stereocenters. The number of anilines is 2. The van der Waals surface area contributed by atoms with Crippen LogP contribution in [0.3, 0.4) is 0 Å². The van der Waals surface area contributed by atoms with E-state index in [9.17, 15) is 14.4 Å². The number of nitrogens with zero attached hydrogens (tertiary/aromatic N) is 5. The molecule has 32 heavy (non-hydrogen) atoms. The average Bonchev–Trinajstić information content (AvgIpc) is 2.80. The van der Waals surface area contributed by atoms with Crippen LogP contribution in [0.1, 0.15) is 44.8 Å². The van der Waals surface area contributed by atoms with Crippen molar-refractivity contribution in [3.05, 3.63) is 52.6 Å². The van der Waals surface area contributed by atoms with Gasteiger partial charge in [-0.3, -0.25) is 28.8 Å². The number of aliphatic carboxylic acids is 1. The Labute approximate surface area is 184 Å². The summed E-state index contributed by atoms with van der Waals surface area (Å²) in [6, 6.07) is 8.41. The maximum atomic E-state index is 13.4. The zero-order chi connectivity index (χ0) is 23.3. The van der Waals surface area contributed by atoms with Crippen LogP contribution in [0.15, 0.2) is 41.3 Å². The lowest BCUT2D eigenvalue weighted by Crippen LogP contribution is -2.31. The van der Waals surface area contributed by atoms with Gasteiger partial charge >= 0.3 is 5.97 Å². The lowest BCUT2D eigenvalue weighted by Gasteiger charge is -2.22. The van der Waals surface area contributed by atoms with Crippen LogP contribution in [0, 0.1) is 0 Å². The topological polar surface area (TPSA) is 130 Å². The van der Waals surface area contributed by atoms with Gasteiger partial charge in [-0.05, 0) is 30.7 Å². The minimum atomic E-state index is -0.978. The van der Waals surface area contributed by atoms with Crippen LogP contribution in [-0.2, 0) is 9.59 Å². The highest BCUT2D eigenvalue weighted by atomic mass is 16.4. The van der Waals surface area contributed by atoms with Crippen molar-refractivity contribution in [3.8, 4) is 0 Å². The van der Waals surface area contributed by atoms with Crippen LogP contribution < -0.4 is 15.8 Å². The number of amides is 1. The van der Waals surface area contributed by atoms with Gasteiger partial charge in [0.05, 0.1) is 18.2 Å². The molecule has 0 spiro atoms. The summed E-state index contributed by atoms with van der Waals surface area (Å²) in [6.45, 7) is 3.76. The molecule has 0 aliphatic rings. The molecule has 3 aromatic rings. The van der Waals surface area contributed by atoms with Crippen molar-refractivity contribution in [1.29, 1.82) is 0 Å². The van der Waals surface area contributed by atoms with Crippen molar-refractivity contribution in [3.63, 3.8) is 0 Å². The van der Waals surface area contributed by atoms with E-state index in [1.165, 1.54) is 9.47 Å². The number of carboxylic acid groups (broad SMARTS) is 1. The minimum absolute atomic E-state index is 0.0423. The highest BCUT2D eigenvalue weighted by molar-refractivity contribution is 5.92. The molecule has 3 rings (SSSR count). The molecule has 3 heterocycles. The second-order valence-corrected chi connectivity index (χ2v) is 7.20. The van der Waals surface area contributed by atoms with Crippen molar-refractivity contribution in [2.75, 3.05) is 23.8 Å². The Morgan fingerprint density at radius 3 is 2.59 bits per heavy atom. The smallest absolute Gasteiger partial charge is 0.305 e. The largest absolute Gasteiger partial charge is 0.481 e. The van der Waals surface area contributed by atoms with Crippen LogP contribution in [0.5, 0.6) is 0 Å². The number of pyridine rings is 2. The maximum absolute atomic E-state index is 13.4. The van der Waals surface area contributed by atoms with Gasteiger partial charge in [-0.15, -0.1) is 0 Å². The summed E-state index contributed by atoms with van der Waals surface area (Å²) in [5, 5.41) is 11.7. The van der Waals surface area contributed by atoms with E-state index in [-0.39, 0.29) is 24.7 Å². The Hall–Kier alpha value is -3.82. The number of nitrogens with one attached hydrogen (secondary N) is 1. The molecule has 10 nitrogen and oxygen atoms in total. The first-order valence-corrected chi connectivity index (χ1v) is 10.4. The molecule has 0 bridgehead atoms. The van der Waals surface area contributed by atoms with Gasteiger partial charge in [0.1, 0.15) is 11.3 Å². The SMILES string of the molecule is CCC(=O)N(C)c1ccc2nc(NCCC(=O)O)c(=O)n([C@@H](CC)c3ccccn3)c2n1. The summed E-state index contributed by atoms with van der Waals surface area (Å²) in [7, 11) is 1.63. The number of carboxylic acids is 1. The van der Waals surface area contributed by atoms with E-state index in [0.29, 0.717) is 35.5 Å². The van der Waals surface area contributed by atoms with Gasteiger partial charge < -0.3 is 10.4 Å². The summed E-state index contributed by atoms with van der Waals surface area (Å²) >= 11 is 0. The second-order valence-electron chi connectivity index (χ2n) is 7.20. The molecule has 0 saturated heterocycles. The third-order valence-corrected chi connectivity index (χ3v) is 5.10. The molecular formula is C22H26N6O4. The van der Waals surface area contributed by atoms with Crippen molar-refractivity contribution in [1.82, 2.24) is 19.5 Å². The maximum Gasteiger partial charge on any atom is 0.305 e. The Morgan fingerprint density at radius 1 is 1.19 bits per heavy atom. The quantitative estimate of drug-likeness (QED) is 0.521. The van der Waals surface area contributed by atoms with E-state index < -0.39 is 17.6 Å². The minimum Gasteiger partial charge on any atom is -0.481 e. The van der Waals surface area contributed by atoms with Crippen molar-refractivity contribution >= 4 is 34.7 Å². The molecule has 2 N–H and O–H groups in total. The lowest BCUT2D eigenvalue weighted by atomic mass is 10.1. The van der Waals surface area contributed by atoms with Crippen LogP contribution in [0.4, 0.5) is 11.6 Å². The monoisotopic (exact) mass is 438 g/mol. The van der Waals surface area contributed by atoms with Crippen molar-refractivity contribution < 1.29 is 14.7 Å². The Bertz CT molecular complexity index is 1180. The molecule has 0 aromatic carbocycles. The summed E-state index contributed by atoms with van der Waals surface area (Å²) in [4.78, 5) is 51.3. The van der Waals surface area contributed by atoms with E-state index in [1.807, 2.05) is 19.1 Å². The van der Waals surface area contributed by atoms with Gasteiger partial charge in [0.15, 0.2) is 11.5 Å². The lowest BCUT2D eigenvalue weighted by molar-refractivity contribution is -0.136. The normalized spacial score (nSPS) is 11.8. The molecule has 1 atom stereocenters. The van der Waals surface area contributed by atoms with Gasteiger partial charge in [-0.25, -0.2) is 9.97 Å². The number of hydrogen-bond acceptors (Lipinski definition) is 7. The number of carbonyl (C=O) groups is 2. The van der Waals surface area contributed by atoms with Gasteiger partial charge in [0, 0.05) is 26.2 Å². The van der Waals surface area contributed by atoms with E-state index in [0.717, 1.165) is 0 Å². The van der Waals surface area contributed by atoms with Crippen molar-refractivity contribution in [2.45, 2.75) is 39.2 Å². The first kappa shape index (κ1) is 22.9. The van der Waals surface area contributed by atoms with Gasteiger partial charge in [-0.1, -0.05) is 19.9 Å². The Morgan fingerprint density at radius 2 is 1.97 bits per heavy atom. The molecule has 0 aliphatic carbocycles. The predicted molar refractivity (Wildman–Crippen MR) is 121 cm³/mol. The molecule has 0 fully saturated rings. The first-order valence-electron chi connectivity index (χ1n) is 10.4. The number of rotatable bonds is 9. The van der Waals surface area contributed by atoms with Crippen LogP contribution in [0.2, 0.25) is 0 Å². The molecule has 0 saturated carbocycles. The molecule has 0 radical (unpaired) electrons. The highest BCUT2D eigenvalue weighted by Gasteiger charge is 2.22. The molecule has 1 amide bonds. The molecule has 0 aliphatic heterocycles. The van der Waals surface area contributed by atoms with Gasteiger partial charge in [0.2, 0.25) is 5.91 Å². The van der Waals surface area contributed by atoms with Crippen LogP contribution >= 0.6 is 0 Å². The van der Waals surface area contributed by atoms with E-state index in [2.05, 4.69) is 20.3 Å². The predicted octanol–water partition coefficient (Wildman–Crippen LogP) is 2.45. The number of fused-ring (bicyclic) bond motifs is 1. The second kappa shape index (κ2) is 9.99. The summed E-state index contributed by atoms with van der Waals surface area (Å²) in [6.07, 6.45) is 2.38. The molecular weight excluding hydrogens is 412 g/mol. The zero-order valence-electron chi connectivity index (χ0n) is 18.3. The van der Waals surface area contributed by atoms with Crippen molar-refractivity contribution in [2.24, 2.45) is 0 Å². The summed E-state index contributed by atoms with van der Waals surface area (Å²) in [5.41, 5.74) is 1.02. The number of aromatic nitrogens is 4. The third-order valence-electron chi connectivity index (χ3n) is 5.10. The molecule has 10 heteroatoms. The number of hydrogen-bond donors (Lipinski definition) is 2. The summed E-state index contributed by atoms with van der Waals surface area (Å²) < 4.78 is 1.52. The van der Waals surface area contributed by atoms with E-state index >= 15 is 0 Å². The average molecular weight is 438 g/mol. The summed E-state index contributed by atoms with van der Waals surface area (Å²) in [5.74, 6) is -0.640. The van der Waals surface area contributed by atoms with Crippen LogP contribution in [-0.4, -0.2) is 50.1 Å². The van der Waals surface area contributed by atoms with Crippen LogP contribution in [0.25, 0.3) is 11.2 Å².